The van der Waals surface area contributed by atoms with Crippen LogP contribution in [0.5, 0.6) is 11.5 Å². The molecule has 0 aliphatic carbocycles. The van der Waals surface area contributed by atoms with Crippen molar-refractivity contribution in [2.45, 2.75) is 33.0 Å². The summed E-state index contributed by atoms with van der Waals surface area (Å²) in [6.07, 6.45) is 6.23. The third-order valence-electron chi connectivity index (χ3n) is 9.93. The Morgan fingerprint density at radius 1 is 0.712 bits per heavy atom. The summed E-state index contributed by atoms with van der Waals surface area (Å²) in [7, 11) is 0. The van der Waals surface area contributed by atoms with Crippen molar-refractivity contribution < 1.29 is 48.2 Å². The minimum Gasteiger partial charge on any atom is -0.522 e. The molecule has 7 heteroatoms. The van der Waals surface area contributed by atoms with Gasteiger partial charge in [0.2, 0.25) is 0 Å². The Kier molecular flexibility index (Phi) is 6.65. The number of pyridine rings is 2. The van der Waals surface area contributed by atoms with Crippen LogP contribution in [-0.4, -0.2) is 19.1 Å². The van der Waals surface area contributed by atoms with Crippen molar-refractivity contribution in [1.29, 1.82) is 0 Å². The topological polar surface area (TPSA) is 48.8 Å². The number of imidazole rings is 1. The molecule has 0 radical (unpaired) electrons. The second-order valence-electron chi connectivity index (χ2n) is 14.6. The molecule has 0 spiro atoms. The SMILES string of the molecule is [2H]c1c([2H])c([2H])c(-c2cnc(-n3c4[c-]c(Oc5[c-]c(-n6[c-][n+](-c7c(-c8c([2H])c([2H])c([2H])c([2H])c8[2H])cccc7C(C)(C)C)c7ccccc76)ncc5)ccc4c4ccccc43)cc2C([2H])([2H])[2H])c([2H])c1[2H].[Pt]. The van der Waals surface area contributed by atoms with Gasteiger partial charge in [-0.3, -0.25) is 14.1 Å². The second-order valence-corrected chi connectivity index (χ2v) is 14.6. The molecule has 10 rings (SSSR count). The van der Waals surface area contributed by atoms with Crippen LogP contribution in [0, 0.1) is 25.3 Å². The molecular formula is C52H39N5OPt-2. The van der Waals surface area contributed by atoms with E-state index in [1.165, 1.54) is 12.3 Å². The Hall–Kier alpha value is -6.62. The molecule has 0 unspecified atom stereocenters. The van der Waals surface area contributed by atoms with Gasteiger partial charge in [-0.15, -0.1) is 17.5 Å². The van der Waals surface area contributed by atoms with E-state index in [2.05, 4.69) is 28.4 Å². The largest absolute Gasteiger partial charge is 0.522 e. The molecule has 4 heterocycles. The van der Waals surface area contributed by atoms with Crippen LogP contribution >= 0.6 is 0 Å². The summed E-state index contributed by atoms with van der Waals surface area (Å²) in [4.78, 5) is 9.32. The first kappa shape index (κ1) is 25.7. The van der Waals surface area contributed by atoms with Crippen molar-refractivity contribution in [3.63, 3.8) is 0 Å². The van der Waals surface area contributed by atoms with Crippen LogP contribution < -0.4 is 9.30 Å². The fourth-order valence-corrected chi connectivity index (χ4v) is 7.33. The zero-order chi connectivity index (χ0) is 50.6. The van der Waals surface area contributed by atoms with Gasteiger partial charge in [0.25, 0.3) is 6.33 Å². The third kappa shape index (κ3) is 6.84. The van der Waals surface area contributed by atoms with E-state index in [0.717, 1.165) is 16.3 Å². The Labute approximate surface area is 376 Å². The standard InChI is InChI=1S/C52H39N5O.Pt/c1-35-30-50(54-33-43(35)37-18-9-6-10-19-37)57-45-23-12-11-20-41(45)42-27-26-38(31-48(42)57)58-39-28-29-53-49(32-39)55-34-56(47-25-14-13-24-46(47)55)51-40(36-16-7-5-8-17-36)21-15-22-44(51)52(2,3)4;/h5-30,33H,1-4H3;/q-2;/i1D3,5D,6D,7D,8D,9D,10D,16D,17D,18D,19D;. The quantitative estimate of drug-likeness (QED) is 0.118. The van der Waals surface area contributed by atoms with Gasteiger partial charge >= 0.3 is 0 Å². The maximum absolute atomic E-state index is 8.92. The van der Waals surface area contributed by atoms with Crippen molar-refractivity contribution in [1.82, 2.24) is 19.1 Å². The van der Waals surface area contributed by atoms with E-state index in [1.54, 1.807) is 33.5 Å². The number of rotatable bonds is 7. The zero-order valence-corrected chi connectivity index (χ0v) is 34.0. The summed E-state index contributed by atoms with van der Waals surface area (Å²) in [5, 5.41) is 1.55. The normalized spacial score (nSPS) is 14.9. The number of aryl methyl sites for hydroxylation is 1. The number of ether oxygens (including phenoxy) is 1. The molecule has 0 aliphatic rings. The van der Waals surface area contributed by atoms with Crippen LogP contribution in [-0.2, 0) is 26.5 Å². The first-order chi connectivity index (χ1) is 33.7. The summed E-state index contributed by atoms with van der Waals surface area (Å²) in [5.74, 6) is 0.994. The van der Waals surface area contributed by atoms with Gasteiger partial charge in [-0.2, -0.15) is 18.2 Å². The molecule has 0 atom stereocenters. The van der Waals surface area contributed by atoms with Crippen LogP contribution in [0.2, 0.25) is 0 Å². The number of aromatic nitrogens is 5. The van der Waals surface area contributed by atoms with Gasteiger partial charge in [-0.25, -0.2) is 4.98 Å². The van der Waals surface area contributed by atoms with Crippen LogP contribution in [0.4, 0.5) is 0 Å². The van der Waals surface area contributed by atoms with E-state index in [1.807, 2.05) is 92.1 Å². The third-order valence-corrected chi connectivity index (χ3v) is 9.93. The fourth-order valence-electron chi connectivity index (χ4n) is 7.33. The molecule has 0 saturated heterocycles. The Morgan fingerprint density at radius 2 is 1.42 bits per heavy atom. The van der Waals surface area contributed by atoms with E-state index < -0.39 is 60.6 Å². The van der Waals surface area contributed by atoms with E-state index >= 15 is 0 Å². The van der Waals surface area contributed by atoms with E-state index in [-0.39, 0.29) is 72.7 Å². The molecule has 0 aliphatic heterocycles. The Balaban J connectivity index is 0.00000640. The van der Waals surface area contributed by atoms with Crippen molar-refractivity contribution in [3.05, 3.63) is 193 Å². The van der Waals surface area contributed by atoms with Crippen molar-refractivity contribution >= 4 is 32.8 Å². The maximum Gasteiger partial charge on any atom is 0.269 e. The van der Waals surface area contributed by atoms with Gasteiger partial charge in [-0.05, 0) is 63.4 Å². The minimum atomic E-state index is -2.79. The fraction of sp³-hybridized carbons (Fsp3) is 0.0962. The molecule has 0 N–H and O–H groups in total. The monoisotopic (exact) mass is 957 g/mol. The van der Waals surface area contributed by atoms with Crippen molar-refractivity contribution in [3.8, 4) is 51.1 Å². The Morgan fingerprint density at radius 3 is 2.19 bits per heavy atom. The van der Waals surface area contributed by atoms with E-state index in [4.69, 9.17) is 22.6 Å². The van der Waals surface area contributed by atoms with Crippen LogP contribution in [0.15, 0.2) is 164 Å². The van der Waals surface area contributed by atoms with Gasteiger partial charge in [0.1, 0.15) is 5.82 Å². The molecule has 0 fully saturated rings. The summed E-state index contributed by atoms with van der Waals surface area (Å²) in [6.45, 7) is 3.33. The number of para-hydroxylation sites is 4. The first-order valence-electron chi connectivity index (χ1n) is 24.9. The van der Waals surface area contributed by atoms with Crippen LogP contribution in [0.3, 0.4) is 0 Å². The number of fused-ring (bicyclic) bond motifs is 4. The molecule has 0 amide bonds. The molecule has 10 aromatic rings. The Bertz CT molecular complexity index is 3810. The summed E-state index contributed by atoms with van der Waals surface area (Å²) in [5.41, 5.74) is 3.26. The van der Waals surface area contributed by atoms with Gasteiger partial charge in [0.15, 0.2) is 0 Å². The van der Waals surface area contributed by atoms with Crippen LogP contribution in [0.25, 0.3) is 72.4 Å². The molecular weight excluding hydrogens is 906 g/mol. The predicted octanol–water partition coefficient (Wildman–Crippen LogP) is 11.9. The van der Waals surface area contributed by atoms with Crippen molar-refractivity contribution in [2.75, 3.05) is 0 Å². The van der Waals surface area contributed by atoms with Crippen LogP contribution in [0.1, 0.15) is 49.7 Å². The molecule has 0 bridgehead atoms. The molecule has 0 saturated carbocycles. The van der Waals surface area contributed by atoms with Crippen molar-refractivity contribution in [2.24, 2.45) is 0 Å². The van der Waals surface area contributed by atoms with Gasteiger partial charge in [-0.1, -0.05) is 154 Å². The van der Waals surface area contributed by atoms with Gasteiger partial charge in [0, 0.05) is 48.2 Å². The number of hydrogen-bond donors (Lipinski definition) is 0. The second kappa shape index (κ2) is 15.3. The minimum absolute atomic E-state index is 0. The smallest absolute Gasteiger partial charge is 0.269 e. The molecule has 6 nitrogen and oxygen atoms in total. The predicted molar refractivity (Wildman–Crippen MR) is 232 cm³/mol. The first-order valence-corrected chi connectivity index (χ1v) is 18.4. The van der Waals surface area contributed by atoms with Gasteiger partial charge in [0.05, 0.1) is 36.2 Å². The number of nitrogens with zero attached hydrogens (tertiary/aromatic N) is 5. The average molecular weight is 958 g/mol. The van der Waals surface area contributed by atoms with E-state index in [9.17, 15) is 0 Å². The molecule has 6 aromatic carbocycles. The summed E-state index contributed by atoms with van der Waals surface area (Å²) >= 11 is 0. The zero-order valence-electron chi connectivity index (χ0n) is 44.8. The molecule has 290 valence electrons. The molecule has 4 aromatic heterocycles. The summed E-state index contributed by atoms with van der Waals surface area (Å²) in [6, 6.07) is 28.8. The summed E-state index contributed by atoms with van der Waals surface area (Å²) < 4.78 is 122. The van der Waals surface area contributed by atoms with Gasteiger partial charge < -0.3 is 9.30 Å². The average Bonchev–Trinajstić information content (AvgIpc) is 3.89. The number of benzene rings is 6. The van der Waals surface area contributed by atoms with E-state index in [0.29, 0.717) is 39.1 Å². The molecule has 59 heavy (non-hydrogen) atoms. The maximum atomic E-state index is 8.92. The number of hydrogen-bond acceptors (Lipinski definition) is 3.